The summed E-state index contributed by atoms with van der Waals surface area (Å²) in [6.07, 6.45) is 1.16. The Morgan fingerprint density at radius 2 is 2.11 bits per heavy atom. The minimum absolute atomic E-state index is 0.102. The lowest BCUT2D eigenvalue weighted by molar-refractivity contribution is -0.117. The van der Waals surface area contributed by atoms with Gasteiger partial charge in [-0.05, 0) is 30.4 Å². The number of hydrogen-bond donors (Lipinski definition) is 1. The van der Waals surface area contributed by atoms with E-state index in [9.17, 15) is 17.6 Å². The minimum Gasteiger partial charge on any atom is -0.299 e. The molecule has 0 unspecified atom stereocenters. The van der Waals surface area contributed by atoms with Gasteiger partial charge in [-0.2, -0.15) is 0 Å². The summed E-state index contributed by atoms with van der Waals surface area (Å²) in [6, 6.07) is 2.43. The van der Waals surface area contributed by atoms with Gasteiger partial charge in [-0.3, -0.25) is 14.4 Å². The summed E-state index contributed by atoms with van der Waals surface area (Å²) >= 11 is 8.47. The Kier molecular flexibility index (Phi) is 7.43. The summed E-state index contributed by atoms with van der Waals surface area (Å²) in [4.78, 5) is 12.7. The van der Waals surface area contributed by atoms with Gasteiger partial charge in [0.15, 0.2) is 4.34 Å². The Morgan fingerprint density at radius 1 is 1.41 bits per heavy atom. The number of carbonyl (C=O) groups excluding carboxylic acids is 1. The predicted molar refractivity (Wildman–Crippen MR) is 108 cm³/mol. The third-order valence-electron chi connectivity index (χ3n) is 3.39. The van der Waals surface area contributed by atoms with E-state index in [0.29, 0.717) is 4.34 Å². The van der Waals surface area contributed by atoms with E-state index >= 15 is 0 Å². The van der Waals surface area contributed by atoms with Crippen LogP contribution in [0.15, 0.2) is 22.5 Å². The van der Waals surface area contributed by atoms with Crippen molar-refractivity contribution in [3.8, 4) is 0 Å². The topological polar surface area (TPSA) is 92.3 Å². The minimum atomic E-state index is -3.84. The van der Waals surface area contributed by atoms with Crippen LogP contribution in [0.5, 0.6) is 0 Å². The monoisotopic (exact) mass is 452 g/mol. The Balaban J connectivity index is 2.33. The van der Waals surface area contributed by atoms with Crippen LogP contribution in [0.1, 0.15) is 20.3 Å². The first-order valence-corrected chi connectivity index (χ1v) is 11.9. The second-order valence-corrected chi connectivity index (χ2v) is 10.1. The number of rotatable bonds is 8. The highest BCUT2D eigenvalue weighted by atomic mass is 35.5. The fourth-order valence-corrected chi connectivity index (χ4v) is 5.34. The van der Waals surface area contributed by atoms with Crippen molar-refractivity contribution in [2.45, 2.75) is 30.6 Å². The van der Waals surface area contributed by atoms with Crippen molar-refractivity contribution >= 4 is 61.4 Å². The third kappa shape index (κ3) is 5.53. The number of hydrogen-bond acceptors (Lipinski definition) is 7. The molecule has 1 aromatic heterocycles. The van der Waals surface area contributed by atoms with Crippen LogP contribution in [0.2, 0.25) is 5.02 Å². The molecule has 0 spiro atoms. The van der Waals surface area contributed by atoms with E-state index in [0.717, 1.165) is 22.4 Å². The first kappa shape index (κ1) is 21.9. The van der Waals surface area contributed by atoms with Gasteiger partial charge in [0.1, 0.15) is 11.9 Å². The molecular formula is C15H18ClFN4O3S3. The van der Waals surface area contributed by atoms with Gasteiger partial charge >= 0.3 is 0 Å². The zero-order valence-corrected chi connectivity index (χ0v) is 18.0. The Bertz CT molecular complexity index is 923. The second kappa shape index (κ2) is 9.18. The van der Waals surface area contributed by atoms with Gasteiger partial charge in [0.05, 0.1) is 17.0 Å². The molecule has 2 rings (SSSR count). The van der Waals surface area contributed by atoms with Gasteiger partial charge < -0.3 is 0 Å². The standard InChI is InChI=1S/C15H18ClFN4O3S3/c1-4-12(13(22)18-14-19-20-15(26-14)25-5-2)21(27(3,23)24)9-6-7-11(17)10(16)8-9/h6-8,12H,4-5H2,1-3H3,(H,18,19,22)/t12-/m0/s1. The molecule has 1 N–H and O–H groups in total. The number of aromatic nitrogens is 2. The zero-order chi connectivity index (χ0) is 20.2. The van der Waals surface area contributed by atoms with Crippen LogP contribution in [-0.4, -0.2) is 42.6 Å². The summed E-state index contributed by atoms with van der Waals surface area (Å²) in [6.45, 7) is 3.64. The molecule has 1 heterocycles. The molecular weight excluding hydrogens is 435 g/mol. The molecule has 0 radical (unpaired) electrons. The number of sulfonamides is 1. The summed E-state index contributed by atoms with van der Waals surface area (Å²) in [5.41, 5.74) is 0.102. The SMILES string of the molecule is CCSc1nnc(NC(=O)[C@H](CC)N(c2ccc(F)c(Cl)c2)S(C)(=O)=O)s1. The van der Waals surface area contributed by atoms with Crippen molar-refractivity contribution in [2.24, 2.45) is 0 Å². The lowest BCUT2D eigenvalue weighted by atomic mass is 10.2. The van der Waals surface area contributed by atoms with E-state index in [1.807, 2.05) is 6.92 Å². The molecule has 0 aliphatic heterocycles. The molecule has 0 aliphatic carbocycles. The Morgan fingerprint density at radius 3 is 2.67 bits per heavy atom. The number of thioether (sulfide) groups is 1. The van der Waals surface area contributed by atoms with Crippen molar-refractivity contribution in [3.63, 3.8) is 0 Å². The second-order valence-electron chi connectivity index (χ2n) is 5.38. The first-order valence-electron chi connectivity index (χ1n) is 7.89. The summed E-state index contributed by atoms with van der Waals surface area (Å²) in [7, 11) is -3.84. The number of nitrogens with one attached hydrogen (secondary N) is 1. The Labute approximate surface area is 170 Å². The maximum absolute atomic E-state index is 13.5. The molecule has 12 heteroatoms. The van der Waals surface area contributed by atoms with Crippen molar-refractivity contribution < 1.29 is 17.6 Å². The quantitative estimate of drug-likeness (QED) is 0.485. The number of halogens is 2. The lowest BCUT2D eigenvalue weighted by Crippen LogP contribution is -2.47. The molecule has 1 aromatic carbocycles. The summed E-state index contributed by atoms with van der Waals surface area (Å²) in [5, 5.41) is 10.5. The number of benzene rings is 1. The van der Waals surface area contributed by atoms with Gasteiger partial charge in [-0.1, -0.05) is 48.5 Å². The lowest BCUT2D eigenvalue weighted by Gasteiger charge is -2.29. The van der Waals surface area contributed by atoms with E-state index in [-0.39, 0.29) is 22.3 Å². The smallest absolute Gasteiger partial charge is 0.250 e. The van der Waals surface area contributed by atoms with E-state index < -0.39 is 27.8 Å². The number of carbonyl (C=O) groups is 1. The molecule has 0 saturated carbocycles. The maximum Gasteiger partial charge on any atom is 0.250 e. The van der Waals surface area contributed by atoms with Gasteiger partial charge in [-0.25, -0.2) is 12.8 Å². The number of anilines is 2. The van der Waals surface area contributed by atoms with Crippen molar-refractivity contribution in [3.05, 3.63) is 29.0 Å². The van der Waals surface area contributed by atoms with E-state index in [2.05, 4.69) is 15.5 Å². The summed E-state index contributed by atoms with van der Waals surface area (Å²) in [5.74, 6) is -0.429. The van der Waals surface area contributed by atoms with Crippen molar-refractivity contribution in [2.75, 3.05) is 21.6 Å². The third-order valence-corrected chi connectivity index (χ3v) is 6.72. The van der Waals surface area contributed by atoms with Crippen molar-refractivity contribution in [1.82, 2.24) is 10.2 Å². The van der Waals surface area contributed by atoms with Gasteiger partial charge in [0.2, 0.25) is 21.1 Å². The molecule has 0 saturated heterocycles. The Hall–Kier alpha value is -1.43. The molecule has 0 aliphatic rings. The largest absolute Gasteiger partial charge is 0.299 e. The number of nitrogens with zero attached hydrogens (tertiary/aromatic N) is 3. The fourth-order valence-electron chi connectivity index (χ4n) is 2.31. The highest BCUT2D eigenvalue weighted by Crippen LogP contribution is 2.29. The van der Waals surface area contributed by atoms with Crippen molar-refractivity contribution in [1.29, 1.82) is 0 Å². The first-order chi connectivity index (χ1) is 12.7. The number of amides is 1. The van der Waals surface area contributed by atoms with E-state index in [4.69, 9.17) is 11.6 Å². The van der Waals surface area contributed by atoms with Crippen LogP contribution in [0.4, 0.5) is 15.2 Å². The summed E-state index contributed by atoms with van der Waals surface area (Å²) < 4.78 is 39.8. The molecule has 148 valence electrons. The van der Waals surface area contributed by atoms with Gasteiger partial charge in [-0.15, -0.1) is 10.2 Å². The highest BCUT2D eigenvalue weighted by molar-refractivity contribution is 8.01. The predicted octanol–water partition coefficient (Wildman–Crippen LogP) is 3.63. The highest BCUT2D eigenvalue weighted by Gasteiger charge is 2.32. The van der Waals surface area contributed by atoms with Crippen LogP contribution in [0, 0.1) is 5.82 Å². The van der Waals surface area contributed by atoms with E-state index in [1.165, 1.54) is 35.2 Å². The molecule has 2 aromatic rings. The molecule has 0 bridgehead atoms. The van der Waals surface area contributed by atoms with Gasteiger partial charge in [0.25, 0.3) is 0 Å². The van der Waals surface area contributed by atoms with Crippen LogP contribution in [-0.2, 0) is 14.8 Å². The molecule has 27 heavy (non-hydrogen) atoms. The normalized spacial score (nSPS) is 12.6. The zero-order valence-electron chi connectivity index (χ0n) is 14.8. The van der Waals surface area contributed by atoms with Gasteiger partial charge in [0, 0.05) is 0 Å². The molecule has 0 fully saturated rings. The molecule has 1 amide bonds. The fraction of sp³-hybridized carbons (Fsp3) is 0.400. The average Bonchev–Trinajstić information content (AvgIpc) is 3.01. The van der Waals surface area contributed by atoms with Crippen LogP contribution in [0.3, 0.4) is 0 Å². The maximum atomic E-state index is 13.5. The van der Waals surface area contributed by atoms with Crippen LogP contribution in [0.25, 0.3) is 0 Å². The van der Waals surface area contributed by atoms with Crippen LogP contribution < -0.4 is 9.62 Å². The molecule has 7 nitrogen and oxygen atoms in total. The average molecular weight is 453 g/mol. The van der Waals surface area contributed by atoms with Crippen LogP contribution >= 0.6 is 34.7 Å². The molecule has 1 atom stereocenters. The van der Waals surface area contributed by atoms with E-state index in [1.54, 1.807) is 6.92 Å².